The highest BCUT2D eigenvalue weighted by Crippen LogP contribution is 2.05. The molecule has 0 aromatic heterocycles. The second-order valence-electron chi connectivity index (χ2n) is 3.77. The minimum Gasteiger partial charge on any atom is -0.463 e. The molecule has 0 radical (unpaired) electrons. The van der Waals surface area contributed by atoms with E-state index in [0.29, 0.717) is 6.61 Å². The molecule has 0 unspecified atom stereocenters. The van der Waals surface area contributed by atoms with Crippen LogP contribution in [0.25, 0.3) is 6.08 Å². The minimum absolute atomic E-state index is 0.269. The number of rotatable bonds is 5. The van der Waals surface area contributed by atoms with E-state index in [2.05, 4.69) is 6.92 Å². The van der Waals surface area contributed by atoms with Crippen LogP contribution in [0.3, 0.4) is 0 Å². The lowest BCUT2D eigenvalue weighted by atomic mass is 10.1. The van der Waals surface area contributed by atoms with Crippen molar-refractivity contribution in [3.8, 4) is 0 Å². The minimum atomic E-state index is -0.269. The topological polar surface area (TPSA) is 26.3 Å². The molecule has 0 bridgehead atoms. The van der Waals surface area contributed by atoms with Crippen LogP contribution < -0.4 is 0 Å². The zero-order chi connectivity index (χ0) is 11.8. The molecule has 2 heteroatoms. The Bertz CT molecular complexity index is 367. The molecule has 0 spiro atoms. The Balaban J connectivity index is 2.44. The number of unbranched alkanes of at least 4 members (excludes halogenated alkanes) is 1. The van der Waals surface area contributed by atoms with Gasteiger partial charge in [0.2, 0.25) is 0 Å². The first-order valence-corrected chi connectivity index (χ1v) is 5.64. The quantitative estimate of drug-likeness (QED) is 0.430. The fraction of sp³-hybridized carbons (Fsp3) is 0.357. The molecule has 0 saturated carbocycles. The van der Waals surface area contributed by atoms with Gasteiger partial charge in [0, 0.05) is 6.08 Å². The molecule has 0 aliphatic rings. The van der Waals surface area contributed by atoms with Crippen LogP contribution in [0.2, 0.25) is 0 Å². The summed E-state index contributed by atoms with van der Waals surface area (Å²) in [7, 11) is 0. The zero-order valence-corrected chi connectivity index (χ0v) is 9.90. The van der Waals surface area contributed by atoms with Crippen molar-refractivity contribution in [3.05, 3.63) is 41.5 Å². The van der Waals surface area contributed by atoms with E-state index in [4.69, 9.17) is 4.74 Å². The van der Waals surface area contributed by atoms with Crippen LogP contribution in [0.1, 0.15) is 30.9 Å². The van der Waals surface area contributed by atoms with E-state index in [9.17, 15) is 4.79 Å². The van der Waals surface area contributed by atoms with Crippen LogP contribution >= 0.6 is 0 Å². The van der Waals surface area contributed by atoms with Crippen LogP contribution in [0.4, 0.5) is 0 Å². The second-order valence-corrected chi connectivity index (χ2v) is 3.77. The zero-order valence-electron chi connectivity index (χ0n) is 9.90. The van der Waals surface area contributed by atoms with Gasteiger partial charge in [-0.15, -0.1) is 0 Å². The SMILES string of the molecule is CCCCOC(=O)C=Cc1cccc(C)c1. The molecule has 0 saturated heterocycles. The van der Waals surface area contributed by atoms with E-state index in [0.717, 1.165) is 18.4 Å². The molecule has 16 heavy (non-hydrogen) atoms. The molecule has 0 amide bonds. The summed E-state index contributed by atoms with van der Waals surface area (Å²) >= 11 is 0. The summed E-state index contributed by atoms with van der Waals surface area (Å²) < 4.78 is 5.01. The third-order valence-electron chi connectivity index (χ3n) is 2.20. The van der Waals surface area contributed by atoms with Gasteiger partial charge < -0.3 is 4.74 Å². The van der Waals surface area contributed by atoms with Crippen molar-refractivity contribution in [2.45, 2.75) is 26.7 Å². The average molecular weight is 218 g/mol. The van der Waals surface area contributed by atoms with E-state index >= 15 is 0 Å². The summed E-state index contributed by atoms with van der Waals surface area (Å²) in [5, 5.41) is 0. The number of hydrogen-bond donors (Lipinski definition) is 0. The van der Waals surface area contributed by atoms with Crippen molar-refractivity contribution in [1.29, 1.82) is 0 Å². The highest BCUT2D eigenvalue weighted by atomic mass is 16.5. The lowest BCUT2D eigenvalue weighted by molar-refractivity contribution is -0.137. The number of carbonyl (C=O) groups excluding carboxylic acids is 1. The standard InChI is InChI=1S/C14H18O2/c1-3-4-10-16-14(15)9-8-13-7-5-6-12(2)11-13/h5-9,11H,3-4,10H2,1-2H3. The normalized spacial score (nSPS) is 10.6. The molecule has 0 aliphatic heterocycles. The Kier molecular flexibility index (Phi) is 5.34. The van der Waals surface area contributed by atoms with Gasteiger partial charge in [-0.05, 0) is 25.0 Å². The maximum absolute atomic E-state index is 11.3. The number of hydrogen-bond acceptors (Lipinski definition) is 2. The summed E-state index contributed by atoms with van der Waals surface area (Å²) in [5.41, 5.74) is 2.20. The molecule has 1 rings (SSSR count). The molecular formula is C14H18O2. The number of ether oxygens (including phenoxy) is 1. The third kappa shape index (κ3) is 4.78. The Morgan fingerprint density at radius 1 is 1.44 bits per heavy atom. The molecule has 0 fully saturated rings. The monoisotopic (exact) mass is 218 g/mol. The largest absolute Gasteiger partial charge is 0.463 e. The van der Waals surface area contributed by atoms with Crippen molar-refractivity contribution in [1.82, 2.24) is 0 Å². The number of benzene rings is 1. The average Bonchev–Trinajstić information content (AvgIpc) is 2.27. The van der Waals surface area contributed by atoms with Gasteiger partial charge >= 0.3 is 5.97 Å². The summed E-state index contributed by atoms with van der Waals surface area (Å²) in [5.74, 6) is -0.269. The van der Waals surface area contributed by atoms with Gasteiger partial charge in [0.05, 0.1) is 6.61 Å². The number of carbonyl (C=O) groups is 1. The maximum Gasteiger partial charge on any atom is 0.330 e. The van der Waals surface area contributed by atoms with Gasteiger partial charge in [-0.3, -0.25) is 0 Å². The smallest absolute Gasteiger partial charge is 0.330 e. The maximum atomic E-state index is 11.3. The van der Waals surface area contributed by atoms with Crippen LogP contribution in [-0.2, 0) is 9.53 Å². The molecule has 1 aromatic carbocycles. The van der Waals surface area contributed by atoms with Crippen LogP contribution in [0.15, 0.2) is 30.3 Å². The fourth-order valence-electron chi connectivity index (χ4n) is 1.30. The fourth-order valence-corrected chi connectivity index (χ4v) is 1.30. The Labute approximate surface area is 96.9 Å². The van der Waals surface area contributed by atoms with Crippen molar-refractivity contribution < 1.29 is 9.53 Å². The van der Waals surface area contributed by atoms with Gasteiger partial charge in [0.25, 0.3) is 0 Å². The van der Waals surface area contributed by atoms with E-state index in [1.807, 2.05) is 31.2 Å². The number of esters is 1. The van der Waals surface area contributed by atoms with E-state index in [-0.39, 0.29) is 5.97 Å². The van der Waals surface area contributed by atoms with Gasteiger partial charge in [-0.25, -0.2) is 4.79 Å². The summed E-state index contributed by atoms with van der Waals surface area (Å²) in [6, 6.07) is 7.98. The first-order valence-electron chi connectivity index (χ1n) is 5.64. The van der Waals surface area contributed by atoms with Gasteiger partial charge in [0.15, 0.2) is 0 Å². The lowest BCUT2D eigenvalue weighted by Gasteiger charge is -1.99. The second kappa shape index (κ2) is 6.83. The Hall–Kier alpha value is -1.57. The van der Waals surface area contributed by atoms with Gasteiger partial charge in [-0.2, -0.15) is 0 Å². The lowest BCUT2D eigenvalue weighted by Crippen LogP contribution is -2.01. The number of aryl methyl sites for hydroxylation is 1. The van der Waals surface area contributed by atoms with E-state index in [1.165, 1.54) is 11.6 Å². The Morgan fingerprint density at radius 2 is 2.25 bits per heavy atom. The highest BCUT2D eigenvalue weighted by Gasteiger charge is 1.95. The van der Waals surface area contributed by atoms with Crippen molar-refractivity contribution in [3.63, 3.8) is 0 Å². The van der Waals surface area contributed by atoms with E-state index in [1.54, 1.807) is 6.08 Å². The molecule has 0 atom stereocenters. The molecule has 2 nitrogen and oxygen atoms in total. The molecule has 0 heterocycles. The molecule has 1 aromatic rings. The molecular weight excluding hydrogens is 200 g/mol. The molecule has 0 aliphatic carbocycles. The van der Waals surface area contributed by atoms with Gasteiger partial charge in [0.1, 0.15) is 0 Å². The molecule has 86 valence electrons. The van der Waals surface area contributed by atoms with Crippen LogP contribution in [0, 0.1) is 6.92 Å². The van der Waals surface area contributed by atoms with Crippen LogP contribution in [-0.4, -0.2) is 12.6 Å². The highest BCUT2D eigenvalue weighted by molar-refractivity contribution is 5.87. The predicted molar refractivity (Wildman–Crippen MR) is 66.1 cm³/mol. The third-order valence-corrected chi connectivity index (χ3v) is 2.20. The molecule has 0 N–H and O–H groups in total. The van der Waals surface area contributed by atoms with Gasteiger partial charge in [-0.1, -0.05) is 43.2 Å². The van der Waals surface area contributed by atoms with Crippen molar-refractivity contribution >= 4 is 12.0 Å². The first kappa shape index (κ1) is 12.5. The van der Waals surface area contributed by atoms with Crippen LogP contribution in [0.5, 0.6) is 0 Å². The van der Waals surface area contributed by atoms with Crippen molar-refractivity contribution in [2.75, 3.05) is 6.61 Å². The summed E-state index contributed by atoms with van der Waals surface area (Å²) in [6.45, 7) is 4.60. The van der Waals surface area contributed by atoms with Crippen molar-refractivity contribution in [2.24, 2.45) is 0 Å². The summed E-state index contributed by atoms with van der Waals surface area (Å²) in [4.78, 5) is 11.3. The predicted octanol–water partition coefficient (Wildman–Crippen LogP) is 3.35. The van der Waals surface area contributed by atoms with E-state index < -0.39 is 0 Å². The summed E-state index contributed by atoms with van der Waals surface area (Å²) in [6.07, 6.45) is 5.21. The first-order chi connectivity index (χ1) is 7.72. The Morgan fingerprint density at radius 3 is 2.94 bits per heavy atom.